The molecule has 4 rings (SSSR count). The van der Waals surface area contributed by atoms with E-state index in [4.69, 9.17) is 5.11 Å². The molecule has 26 heavy (non-hydrogen) atoms. The van der Waals surface area contributed by atoms with Gasteiger partial charge in [0.1, 0.15) is 12.1 Å². The van der Waals surface area contributed by atoms with Crippen LogP contribution in [0.5, 0.6) is 0 Å². The fourth-order valence-corrected chi connectivity index (χ4v) is 3.30. The van der Waals surface area contributed by atoms with Gasteiger partial charge in [-0.25, -0.2) is 14.8 Å². The highest BCUT2D eigenvalue weighted by Crippen LogP contribution is 2.29. The van der Waals surface area contributed by atoms with Crippen LogP contribution in [0.25, 0.3) is 22.0 Å². The van der Waals surface area contributed by atoms with E-state index in [-0.39, 0.29) is 5.56 Å². The summed E-state index contributed by atoms with van der Waals surface area (Å²) >= 11 is 0. The third-order valence-corrected chi connectivity index (χ3v) is 4.88. The zero-order valence-corrected chi connectivity index (χ0v) is 14.6. The Morgan fingerprint density at radius 2 is 1.65 bits per heavy atom. The maximum absolute atomic E-state index is 11.0. The van der Waals surface area contributed by atoms with E-state index >= 15 is 0 Å². The van der Waals surface area contributed by atoms with Crippen LogP contribution in [0.3, 0.4) is 0 Å². The normalized spacial score (nSPS) is 15.3. The lowest BCUT2D eigenvalue weighted by molar-refractivity contribution is 0.0697. The molecular formula is C20H20N4O2. The molecule has 1 aliphatic rings. The fraction of sp³-hybridized carbons (Fsp3) is 0.250. The largest absolute Gasteiger partial charge is 0.478 e. The summed E-state index contributed by atoms with van der Waals surface area (Å²) in [4.78, 5) is 24.6. The summed E-state index contributed by atoms with van der Waals surface area (Å²) in [6.45, 7) is 3.92. The Balaban J connectivity index is 1.74. The maximum Gasteiger partial charge on any atom is 0.335 e. The van der Waals surface area contributed by atoms with Crippen molar-refractivity contribution in [2.75, 3.05) is 38.1 Å². The van der Waals surface area contributed by atoms with Crippen LogP contribution in [0.2, 0.25) is 0 Å². The van der Waals surface area contributed by atoms with Crippen LogP contribution < -0.4 is 4.90 Å². The molecule has 0 spiro atoms. The number of nitrogens with zero attached hydrogens (tertiary/aromatic N) is 4. The molecule has 1 aromatic heterocycles. The number of rotatable bonds is 3. The molecular weight excluding hydrogens is 328 g/mol. The van der Waals surface area contributed by atoms with E-state index in [1.54, 1.807) is 18.5 Å². The van der Waals surface area contributed by atoms with Crippen molar-refractivity contribution in [3.63, 3.8) is 0 Å². The molecule has 3 aromatic rings. The van der Waals surface area contributed by atoms with Gasteiger partial charge in [-0.2, -0.15) is 0 Å². The number of carboxylic acids is 1. The average Bonchev–Trinajstić information content (AvgIpc) is 2.68. The summed E-state index contributed by atoms with van der Waals surface area (Å²) in [6.07, 6.45) is 1.62. The van der Waals surface area contributed by atoms with Crippen molar-refractivity contribution in [2.45, 2.75) is 0 Å². The first-order valence-corrected chi connectivity index (χ1v) is 8.64. The summed E-state index contributed by atoms with van der Waals surface area (Å²) < 4.78 is 0. The summed E-state index contributed by atoms with van der Waals surface area (Å²) in [5.74, 6) is 0.0490. The van der Waals surface area contributed by atoms with Crippen molar-refractivity contribution in [1.82, 2.24) is 14.9 Å². The molecule has 1 aliphatic heterocycles. The van der Waals surface area contributed by atoms with E-state index in [1.807, 2.05) is 24.3 Å². The molecule has 132 valence electrons. The lowest BCUT2D eigenvalue weighted by Crippen LogP contribution is -2.44. The molecule has 2 aromatic carbocycles. The number of fused-ring (bicyclic) bond motifs is 1. The SMILES string of the molecule is CN1CCN(c2ncnc3ccc(-c4ccc(C(=O)O)cc4)cc23)CC1. The topological polar surface area (TPSA) is 69.6 Å². The number of aromatic carboxylic acids is 1. The Morgan fingerprint density at radius 3 is 2.35 bits per heavy atom. The standard InChI is InChI=1S/C20H20N4O2/c1-23-8-10-24(11-9-23)19-17-12-16(6-7-18(17)21-13-22-19)14-2-4-15(5-3-14)20(25)26/h2-7,12-13H,8-11H2,1H3,(H,25,26). The molecule has 0 saturated carbocycles. The van der Waals surface area contributed by atoms with Crippen LogP contribution in [0, 0.1) is 0 Å². The first-order valence-electron chi connectivity index (χ1n) is 8.64. The van der Waals surface area contributed by atoms with Gasteiger partial charge < -0.3 is 14.9 Å². The minimum absolute atomic E-state index is 0.288. The molecule has 0 amide bonds. The Kier molecular flexibility index (Phi) is 4.26. The van der Waals surface area contributed by atoms with Crippen molar-refractivity contribution in [2.24, 2.45) is 0 Å². The highest BCUT2D eigenvalue weighted by Gasteiger charge is 2.18. The number of carbonyl (C=O) groups is 1. The summed E-state index contributed by atoms with van der Waals surface area (Å²) in [6, 6.07) is 13.0. The number of hydrogen-bond donors (Lipinski definition) is 1. The van der Waals surface area contributed by atoms with Crippen LogP contribution >= 0.6 is 0 Å². The van der Waals surface area contributed by atoms with Gasteiger partial charge in [0.2, 0.25) is 0 Å². The smallest absolute Gasteiger partial charge is 0.335 e. The molecule has 0 atom stereocenters. The van der Waals surface area contributed by atoms with Crippen LogP contribution in [0.4, 0.5) is 5.82 Å². The Morgan fingerprint density at radius 1 is 0.962 bits per heavy atom. The predicted octanol–water partition coefficient (Wildman–Crippen LogP) is 2.75. The van der Waals surface area contributed by atoms with Gasteiger partial charge in [0.05, 0.1) is 11.1 Å². The lowest BCUT2D eigenvalue weighted by atomic mass is 10.0. The Bertz CT molecular complexity index is 948. The molecule has 1 saturated heterocycles. The van der Waals surface area contributed by atoms with Gasteiger partial charge in [0, 0.05) is 31.6 Å². The zero-order chi connectivity index (χ0) is 18.1. The first kappa shape index (κ1) is 16.5. The number of likely N-dealkylation sites (N-methyl/N-ethyl adjacent to an activating group) is 1. The fourth-order valence-electron chi connectivity index (χ4n) is 3.30. The highest BCUT2D eigenvalue weighted by molar-refractivity contribution is 5.93. The van der Waals surface area contributed by atoms with Gasteiger partial charge in [-0.15, -0.1) is 0 Å². The van der Waals surface area contributed by atoms with Gasteiger partial charge >= 0.3 is 5.97 Å². The summed E-state index contributed by atoms with van der Waals surface area (Å²) in [7, 11) is 2.13. The van der Waals surface area contributed by atoms with Gasteiger partial charge in [-0.3, -0.25) is 0 Å². The number of aromatic nitrogens is 2. The quantitative estimate of drug-likeness (QED) is 0.785. The predicted molar refractivity (Wildman–Crippen MR) is 102 cm³/mol. The molecule has 1 N–H and O–H groups in total. The van der Waals surface area contributed by atoms with E-state index in [0.717, 1.165) is 54.0 Å². The molecule has 6 nitrogen and oxygen atoms in total. The van der Waals surface area contributed by atoms with Crippen molar-refractivity contribution >= 4 is 22.7 Å². The monoisotopic (exact) mass is 348 g/mol. The van der Waals surface area contributed by atoms with Crippen molar-refractivity contribution in [3.05, 3.63) is 54.4 Å². The van der Waals surface area contributed by atoms with E-state index in [1.165, 1.54) is 0 Å². The second-order valence-corrected chi connectivity index (χ2v) is 6.60. The number of carboxylic acid groups (broad SMARTS) is 1. The lowest BCUT2D eigenvalue weighted by Gasteiger charge is -2.33. The van der Waals surface area contributed by atoms with Crippen LogP contribution in [-0.2, 0) is 0 Å². The maximum atomic E-state index is 11.0. The summed E-state index contributed by atoms with van der Waals surface area (Å²) in [5.41, 5.74) is 3.21. The van der Waals surface area contributed by atoms with E-state index in [9.17, 15) is 4.79 Å². The first-order chi connectivity index (χ1) is 12.6. The number of anilines is 1. The molecule has 0 aliphatic carbocycles. The Labute approximate surface area is 151 Å². The van der Waals surface area contributed by atoms with Crippen LogP contribution in [0.1, 0.15) is 10.4 Å². The second-order valence-electron chi connectivity index (χ2n) is 6.60. The van der Waals surface area contributed by atoms with Crippen molar-refractivity contribution in [3.8, 4) is 11.1 Å². The summed E-state index contributed by atoms with van der Waals surface area (Å²) in [5, 5.41) is 10.1. The Hall–Kier alpha value is -2.99. The van der Waals surface area contributed by atoms with E-state index in [2.05, 4.69) is 32.9 Å². The molecule has 6 heteroatoms. The second kappa shape index (κ2) is 6.72. The molecule has 0 bridgehead atoms. The average molecular weight is 348 g/mol. The van der Waals surface area contributed by atoms with Crippen molar-refractivity contribution < 1.29 is 9.90 Å². The van der Waals surface area contributed by atoms with Crippen LogP contribution in [0.15, 0.2) is 48.8 Å². The van der Waals surface area contributed by atoms with E-state index < -0.39 is 5.97 Å². The minimum Gasteiger partial charge on any atom is -0.478 e. The van der Waals surface area contributed by atoms with Gasteiger partial charge in [0.25, 0.3) is 0 Å². The van der Waals surface area contributed by atoms with Crippen molar-refractivity contribution in [1.29, 1.82) is 0 Å². The third kappa shape index (κ3) is 3.11. The van der Waals surface area contributed by atoms with Gasteiger partial charge in [-0.1, -0.05) is 18.2 Å². The molecule has 0 radical (unpaired) electrons. The van der Waals surface area contributed by atoms with Crippen LogP contribution in [-0.4, -0.2) is 59.2 Å². The van der Waals surface area contributed by atoms with E-state index in [0.29, 0.717) is 0 Å². The molecule has 0 unspecified atom stereocenters. The molecule has 1 fully saturated rings. The highest BCUT2D eigenvalue weighted by atomic mass is 16.4. The number of hydrogen-bond acceptors (Lipinski definition) is 5. The number of piperazine rings is 1. The minimum atomic E-state index is -0.916. The van der Waals surface area contributed by atoms with Gasteiger partial charge in [-0.05, 0) is 42.4 Å². The number of benzene rings is 2. The van der Waals surface area contributed by atoms with Gasteiger partial charge in [0.15, 0.2) is 0 Å². The molecule has 2 heterocycles. The zero-order valence-electron chi connectivity index (χ0n) is 14.6. The third-order valence-electron chi connectivity index (χ3n) is 4.88.